The molecule has 1 saturated carbocycles. The van der Waals surface area contributed by atoms with Crippen molar-refractivity contribution in [3.63, 3.8) is 0 Å². The molecule has 0 amide bonds. The summed E-state index contributed by atoms with van der Waals surface area (Å²) in [4.78, 5) is 2.29. The summed E-state index contributed by atoms with van der Waals surface area (Å²) in [5.41, 5.74) is 1.18. The van der Waals surface area contributed by atoms with Crippen LogP contribution in [-0.4, -0.2) is 41.3 Å². The Bertz CT molecular complexity index is 253. The number of hydrogen-bond acceptors (Lipinski definition) is 3. The monoisotopic (exact) mass is 194 g/mol. The summed E-state index contributed by atoms with van der Waals surface area (Å²) >= 11 is 0. The third kappa shape index (κ3) is 3.12. The van der Waals surface area contributed by atoms with Crippen LogP contribution in [-0.2, 0) is 6.54 Å². The predicted molar refractivity (Wildman–Crippen MR) is 55.9 cm³/mol. The Hall–Kier alpha value is -0.870. The molecule has 1 aliphatic rings. The van der Waals surface area contributed by atoms with Crippen molar-refractivity contribution in [2.24, 2.45) is 0 Å². The second kappa shape index (κ2) is 4.57. The fourth-order valence-electron chi connectivity index (χ4n) is 1.49. The maximum atomic E-state index is 3.93. The Labute approximate surface area is 84.7 Å². The van der Waals surface area contributed by atoms with Gasteiger partial charge in [-0.05, 0) is 26.0 Å². The quantitative estimate of drug-likeness (QED) is 0.696. The first-order chi connectivity index (χ1) is 6.84. The lowest BCUT2D eigenvalue weighted by Gasteiger charge is -2.15. The Morgan fingerprint density at radius 1 is 1.64 bits per heavy atom. The molecule has 0 aliphatic heterocycles. The summed E-state index contributed by atoms with van der Waals surface area (Å²) in [7, 11) is 2.13. The number of nitrogens with zero attached hydrogens (tertiary/aromatic N) is 2. The third-order valence-electron chi connectivity index (χ3n) is 2.50. The van der Waals surface area contributed by atoms with E-state index < -0.39 is 0 Å². The molecule has 0 bridgehead atoms. The lowest BCUT2D eigenvalue weighted by Crippen LogP contribution is -2.30. The molecule has 78 valence electrons. The second-order valence-corrected chi connectivity index (χ2v) is 4.05. The van der Waals surface area contributed by atoms with Crippen molar-refractivity contribution < 1.29 is 0 Å². The van der Waals surface area contributed by atoms with Crippen molar-refractivity contribution >= 4 is 0 Å². The zero-order valence-electron chi connectivity index (χ0n) is 8.66. The van der Waals surface area contributed by atoms with E-state index in [4.69, 9.17) is 0 Å². The van der Waals surface area contributed by atoms with Gasteiger partial charge in [0.1, 0.15) is 0 Å². The van der Waals surface area contributed by atoms with Crippen molar-refractivity contribution in [2.75, 3.05) is 20.1 Å². The fraction of sp³-hybridized carbons (Fsp3) is 0.700. The van der Waals surface area contributed by atoms with Gasteiger partial charge in [-0.3, -0.25) is 10.00 Å². The van der Waals surface area contributed by atoms with Crippen LogP contribution in [0.25, 0.3) is 0 Å². The van der Waals surface area contributed by atoms with Crippen LogP contribution in [0.5, 0.6) is 0 Å². The number of hydrogen-bond donors (Lipinski definition) is 2. The molecule has 14 heavy (non-hydrogen) atoms. The van der Waals surface area contributed by atoms with E-state index in [1.165, 1.54) is 18.5 Å². The molecule has 0 radical (unpaired) electrons. The Morgan fingerprint density at radius 2 is 2.50 bits per heavy atom. The average molecular weight is 194 g/mol. The van der Waals surface area contributed by atoms with Gasteiger partial charge in [0.25, 0.3) is 0 Å². The maximum Gasteiger partial charge on any atom is 0.0492 e. The number of likely N-dealkylation sites (N-methyl/N-ethyl adjacent to an activating group) is 1. The molecule has 1 heterocycles. The third-order valence-corrected chi connectivity index (χ3v) is 2.50. The molecule has 4 nitrogen and oxygen atoms in total. The van der Waals surface area contributed by atoms with Gasteiger partial charge in [-0.2, -0.15) is 5.10 Å². The van der Waals surface area contributed by atoms with Crippen molar-refractivity contribution in [1.82, 2.24) is 20.4 Å². The first-order valence-electron chi connectivity index (χ1n) is 5.25. The highest BCUT2D eigenvalue weighted by Crippen LogP contribution is 2.17. The first-order valence-corrected chi connectivity index (χ1v) is 5.25. The topological polar surface area (TPSA) is 44.0 Å². The van der Waals surface area contributed by atoms with Crippen LogP contribution in [0.3, 0.4) is 0 Å². The van der Waals surface area contributed by atoms with Crippen molar-refractivity contribution in [3.05, 3.63) is 18.0 Å². The summed E-state index contributed by atoms with van der Waals surface area (Å²) in [5.74, 6) is 0. The van der Waals surface area contributed by atoms with Crippen LogP contribution in [0.2, 0.25) is 0 Å². The lowest BCUT2D eigenvalue weighted by atomic mass is 10.4. The molecule has 0 saturated heterocycles. The largest absolute Gasteiger partial charge is 0.313 e. The molecule has 1 aromatic rings. The molecule has 0 atom stereocenters. The van der Waals surface area contributed by atoms with Crippen LogP contribution in [0, 0.1) is 0 Å². The minimum absolute atomic E-state index is 0.815. The number of nitrogens with one attached hydrogen (secondary N) is 2. The number of aromatic amines is 1. The van der Waals surface area contributed by atoms with E-state index in [2.05, 4.69) is 27.5 Å². The zero-order chi connectivity index (χ0) is 9.80. The van der Waals surface area contributed by atoms with Gasteiger partial charge in [0.2, 0.25) is 0 Å². The lowest BCUT2D eigenvalue weighted by molar-refractivity contribution is 0.320. The zero-order valence-corrected chi connectivity index (χ0v) is 8.66. The Balaban J connectivity index is 1.60. The molecule has 0 unspecified atom stereocenters. The molecule has 1 fully saturated rings. The standard InChI is InChI=1S/C10H18N4/c1-14(7-6-11-9-2-3-9)8-10-4-5-12-13-10/h4-5,9,11H,2-3,6-8H2,1H3,(H,12,13). The normalized spacial score (nSPS) is 16.4. The smallest absolute Gasteiger partial charge is 0.0492 e. The molecule has 4 heteroatoms. The summed E-state index contributed by atoms with van der Waals surface area (Å²) in [6, 6.07) is 2.83. The predicted octanol–water partition coefficient (Wildman–Crippen LogP) is 0.593. The highest BCUT2D eigenvalue weighted by atomic mass is 15.2. The molecule has 1 aliphatic carbocycles. The highest BCUT2D eigenvalue weighted by Gasteiger charge is 2.19. The van der Waals surface area contributed by atoms with Gasteiger partial charge in [-0.15, -0.1) is 0 Å². The van der Waals surface area contributed by atoms with E-state index in [0.29, 0.717) is 0 Å². The van der Waals surface area contributed by atoms with Gasteiger partial charge in [0.05, 0.1) is 0 Å². The summed E-state index contributed by atoms with van der Waals surface area (Å²) in [5, 5.41) is 10.4. The second-order valence-electron chi connectivity index (χ2n) is 4.05. The molecular weight excluding hydrogens is 176 g/mol. The van der Waals surface area contributed by atoms with Gasteiger partial charge in [0, 0.05) is 37.6 Å². The molecule has 0 spiro atoms. The van der Waals surface area contributed by atoms with E-state index in [-0.39, 0.29) is 0 Å². The minimum atomic E-state index is 0.815. The van der Waals surface area contributed by atoms with Crippen molar-refractivity contribution in [2.45, 2.75) is 25.4 Å². The number of aromatic nitrogens is 2. The van der Waals surface area contributed by atoms with Crippen LogP contribution in [0.1, 0.15) is 18.5 Å². The van der Waals surface area contributed by atoms with Gasteiger partial charge in [-0.25, -0.2) is 0 Å². The van der Waals surface area contributed by atoms with Crippen molar-refractivity contribution in [1.29, 1.82) is 0 Å². The van der Waals surface area contributed by atoms with E-state index in [0.717, 1.165) is 25.7 Å². The fourth-order valence-corrected chi connectivity index (χ4v) is 1.49. The van der Waals surface area contributed by atoms with Crippen LogP contribution >= 0.6 is 0 Å². The van der Waals surface area contributed by atoms with E-state index in [1.807, 2.05) is 6.07 Å². The molecule has 2 N–H and O–H groups in total. The van der Waals surface area contributed by atoms with Gasteiger partial charge in [0.15, 0.2) is 0 Å². The average Bonchev–Trinajstić information content (AvgIpc) is 2.83. The summed E-state index contributed by atoms with van der Waals surface area (Å²) in [6.45, 7) is 3.14. The van der Waals surface area contributed by atoms with Crippen LogP contribution in [0.15, 0.2) is 12.3 Å². The van der Waals surface area contributed by atoms with E-state index >= 15 is 0 Å². The van der Waals surface area contributed by atoms with Crippen LogP contribution < -0.4 is 5.32 Å². The molecular formula is C10H18N4. The van der Waals surface area contributed by atoms with E-state index in [9.17, 15) is 0 Å². The number of rotatable bonds is 6. The number of H-pyrrole nitrogens is 1. The Morgan fingerprint density at radius 3 is 3.14 bits per heavy atom. The minimum Gasteiger partial charge on any atom is -0.313 e. The van der Waals surface area contributed by atoms with E-state index in [1.54, 1.807) is 6.20 Å². The van der Waals surface area contributed by atoms with Gasteiger partial charge < -0.3 is 5.32 Å². The first kappa shape index (κ1) is 9.68. The van der Waals surface area contributed by atoms with Crippen LogP contribution in [0.4, 0.5) is 0 Å². The summed E-state index contributed by atoms with van der Waals surface area (Å²) in [6.07, 6.45) is 4.53. The molecule has 1 aromatic heterocycles. The molecule has 0 aromatic carbocycles. The van der Waals surface area contributed by atoms with Gasteiger partial charge in [-0.1, -0.05) is 0 Å². The van der Waals surface area contributed by atoms with Crippen molar-refractivity contribution in [3.8, 4) is 0 Å². The maximum absolute atomic E-state index is 3.93. The summed E-state index contributed by atoms with van der Waals surface area (Å²) < 4.78 is 0. The highest BCUT2D eigenvalue weighted by molar-refractivity contribution is 4.96. The Kier molecular flexibility index (Phi) is 3.16. The SMILES string of the molecule is CN(CCNC1CC1)Cc1ccn[nH]1. The van der Waals surface area contributed by atoms with Gasteiger partial charge >= 0.3 is 0 Å². The molecule has 2 rings (SSSR count).